The number of benzene rings is 1. The summed E-state index contributed by atoms with van der Waals surface area (Å²) in [7, 11) is 1.66. The molecule has 0 aliphatic carbocycles. The lowest BCUT2D eigenvalue weighted by Gasteiger charge is -2.20. The van der Waals surface area contributed by atoms with E-state index in [1.54, 1.807) is 7.11 Å². The van der Waals surface area contributed by atoms with Crippen molar-refractivity contribution < 1.29 is 9.53 Å². The van der Waals surface area contributed by atoms with Crippen molar-refractivity contribution in [2.24, 2.45) is 0 Å². The molecule has 0 saturated carbocycles. The van der Waals surface area contributed by atoms with Crippen molar-refractivity contribution in [2.45, 2.75) is 19.3 Å². The van der Waals surface area contributed by atoms with E-state index in [4.69, 9.17) is 4.74 Å². The summed E-state index contributed by atoms with van der Waals surface area (Å²) >= 11 is 3.46. The molecule has 0 spiro atoms. The van der Waals surface area contributed by atoms with Gasteiger partial charge in [-0.15, -0.1) is 0 Å². The Morgan fingerprint density at radius 2 is 2.25 bits per heavy atom. The largest absolute Gasteiger partial charge is 0.496 e. The molecule has 1 aromatic rings. The fraction of sp³-hybridized carbons (Fsp3) is 0.533. The minimum atomic E-state index is 0.232. The maximum Gasteiger partial charge on any atom is 0.222 e. The maximum atomic E-state index is 12.3. The molecule has 1 heterocycles. The molecule has 1 aromatic carbocycles. The van der Waals surface area contributed by atoms with E-state index >= 15 is 0 Å². The number of nitrogens with zero attached hydrogens (tertiary/aromatic N) is 1. The highest BCUT2D eigenvalue weighted by atomic mass is 79.9. The van der Waals surface area contributed by atoms with Gasteiger partial charge < -0.3 is 15.0 Å². The maximum absolute atomic E-state index is 12.3. The first kappa shape index (κ1) is 15.3. The van der Waals surface area contributed by atoms with Crippen molar-refractivity contribution in [3.05, 3.63) is 28.2 Å². The van der Waals surface area contributed by atoms with E-state index in [2.05, 4.69) is 21.2 Å². The van der Waals surface area contributed by atoms with Crippen molar-refractivity contribution in [1.29, 1.82) is 0 Å². The highest BCUT2D eigenvalue weighted by molar-refractivity contribution is 9.10. The number of halogens is 1. The van der Waals surface area contributed by atoms with Crippen molar-refractivity contribution in [1.82, 2.24) is 10.2 Å². The number of carbonyl (C=O) groups excluding carboxylic acids is 1. The first-order valence-corrected chi connectivity index (χ1v) is 7.81. The van der Waals surface area contributed by atoms with E-state index in [1.807, 2.05) is 23.1 Å². The van der Waals surface area contributed by atoms with Gasteiger partial charge in [-0.25, -0.2) is 0 Å². The lowest BCUT2D eigenvalue weighted by molar-refractivity contribution is -0.130. The highest BCUT2D eigenvalue weighted by Gasteiger charge is 2.15. The molecule has 1 fully saturated rings. The lowest BCUT2D eigenvalue weighted by Crippen LogP contribution is -2.34. The summed E-state index contributed by atoms with van der Waals surface area (Å²) in [5.41, 5.74) is 1.07. The molecule has 1 amide bonds. The van der Waals surface area contributed by atoms with Crippen LogP contribution in [0.5, 0.6) is 5.75 Å². The van der Waals surface area contributed by atoms with Gasteiger partial charge in [-0.3, -0.25) is 4.79 Å². The molecule has 110 valence electrons. The molecule has 0 bridgehead atoms. The Labute approximate surface area is 128 Å². The van der Waals surface area contributed by atoms with Crippen molar-refractivity contribution in [3.8, 4) is 5.75 Å². The predicted octanol–water partition coefficient (Wildman–Crippen LogP) is 2.21. The Balaban J connectivity index is 1.93. The second kappa shape index (κ2) is 7.64. The number of hydrogen-bond donors (Lipinski definition) is 1. The monoisotopic (exact) mass is 340 g/mol. The van der Waals surface area contributed by atoms with Crippen LogP contribution < -0.4 is 10.1 Å². The standard InChI is InChI=1S/C15H21BrN2O2/c1-20-14-5-4-13(16)11-12(14)3-6-15(19)18-9-2-7-17-8-10-18/h4-5,11,17H,2-3,6-10H2,1H3. The van der Waals surface area contributed by atoms with Crippen molar-refractivity contribution >= 4 is 21.8 Å². The molecule has 0 atom stereocenters. The van der Waals surface area contributed by atoms with Crippen LogP contribution in [0.1, 0.15) is 18.4 Å². The van der Waals surface area contributed by atoms with Crippen LogP contribution in [-0.2, 0) is 11.2 Å². The molecule has 1 aliphatic rings. The van der Waals surface area contributed by atoms with Crippen LogP contribution in [0.3, 0.4) is 0 Å². The second-order valence-electron chi connectivity index (χ2n) is 4.94. The van der Waals surface area contributed by atoms with E-state index in [-0.39, 0.29) is 5.91 Å². The summed E-state index contributed by atoms with van der Waals surface area (Å²) in [5, 5.41) is 3.31. The van der Waals surface area contributed by atoms with Crippen LogP contribution in [0.15, 0.2) is 22.7 Å². The Morgan fingerprint density at radius 1 is 1.40 bits per heavy atom. The number of ether oxygens (including phenoxy) is 1. The Kier molecular flexibility index (Phi) is 5.86. The summed E-state index contributed by atoms with van der Waals surface area (Å²) in [4.78, 5) is 14.2. The van der Waals surface area contributed by atoms with Gasteiger partial charge in [0.25, 0.3) is 0 Å². The minimum Gasteiger partial charge on any atom is -0.496 e. The number of rotatable bonds is 4. The fourth-order valence-electron chi connectivity index (χ4n) is 2.44. The van der Waals surface area contributed by atoms with Gasteiger partial charge in [0.15, 0.2) is 0 Å². The quantitative estimate of drug-likeness (QED) is 0.913. The average Bonchev–Trinajstić information content (AvgIpc) is 2.74. The van der Waals surface area contributed by atoms with Crippen molar-refractivity contribution in [3.63, 3.8) is 0 Å². The minimum absolute atomic E-state index is 0.232. The van der Waals surface area contributed by atoms with Gasteiger partial charge in [0.2, 0.25) is 5.91 Å². The first-order valence-electron chi connectivity index (χ1n) is 7.01. The third-order valence-corrected chi connectivity index (χ3v) is 4.04. The van der Waals surface area contributed by atoms with E-state index in [0.29, 0.717) is 12.8 Å². The zero-order chi connectivity index (χ0) is 14.4. The topological polar surface area (TPSA) is 41.6 Å². The summed E-state index contributed by atoms with van der Waals surface area (Å²) in [6.07, 6.45) is 2.28. The summed E-state index contributed by atoms with van der Waals surface area (Å²) in [6.45, 7) is 3.57. The SMILES string of the molecule is COc1ccc(Br)cc1CCC(=O)N1CCCNCC1. The second-order valence-corrected chi connectivity index (χ2v) is 5.86. The summed E-state index contributed by atoms with van der Waals surface area (Å²) in [6, 6.07) is 5.90. The Morgan fingerprint density at radius 3 is 3.05 bits per heavy atom. The number of nitrogens with one attached hydrogen (secondary N) is 1. The fourth-order valence-corrected chi connectivity index (χ4v) is 2.85. The van der Waals surface area contributed by atoms with Gasteiger partial charge >= 0.3 is 0 Å². The Bertz CT molecular complexity index is 457. The molecular formula is C15H21BrN2O2. The van der Waals surface area contributed by atoms with Gasteiger partial charge in [-0.05, 0) is 43.1 Å². The van der Waals surface area contributed by atoms with Gasteiger partial charge in [0, 0.05) is 30.5 Å². The Hall–Kier alpha value is -1.07. The van der Waals surface area contributed by atoms with Gasteiger partial charge in [-0.2, -0.15) is 0 Å². The lowest BCUT2D eigenvalue weighted by atomic mass is 10.1. The number of amides is 1. The molecular weight excluding hydrogens is 320 g/mol. The van der Waals surface area contributed by atoms with Crippen LogP contribution in [0, 0.1) is 0 Å². The van der Waals surface area contributed by atoms with E-state index in [1.165, 1.54) is 0 Å². The number of hydrogen-bond acceptors (Lipinski definition) is 3. The molecule has 0 unspecified atom stereocenters. The molecule has 1 aliphatic heterocycles. The molecule has 0 radical (unpaired) electrons. The van der Waals surface area contributed by atoms with Crippen LogP contribution in [0.25, 0.3) is 0 Å². The number of carbonyl (C=O) groups is 1. The molecule has 1 N–H and O–H groups in total. The molecule has 20 heavy (non-hydrogen) atoms. The van der Waals surface area contributed by atoms with E-state index in [9.17, 15) is 4.79 Å². The van der Waals surface area contributed by atoms with Crippen LogP contribution in [0.4, 0.5) is 0 Å². The van der Waals surface area contributed by atoms with Crippen molar-refractivity contribution in [2.75, 3.05) is 33.3 Å². The van der Waals surface area contributed by atoms with E-state index in [0.717, 1.165) is 48.4 Å². The smallest absolute Gasteiger partial charge is 0.222 e. The molecule has 1 saturated heterocycles. The van der Waals surface area contributed by atoms with E-state index < -0.39 is 0 Å². The number of aryl methyl sites for hydroxylation is 1. The highest BCUT2D eigenvalue weighted by Crippen LogP contribution is 2.24. The molecule has 0 aromatic heterocycles. The van der Waals surface area contributed by atoms with Gasteiger partial charge in [0.05, 0.1) is 7.11 Å². The van der Waals surface area contributed by atoms with Crippen LogP contribution in [0.2, 0.25) is 0 Å². The zero-order valence-electron chi connectivity index (χ0n) is 11.8. The number of methoxy groups -OCH3 is 1. The third kappa shape index (κ3) is 4.21. The van der Waals surface area contributed by atoms with Gasteiger partial charge in [0.1, 0.15) is 5.75 Å². The third-order valence-electron chi connectivity index (χ3n) is 3.54. The van der Waals surface area contributed by atoms with Crippen LogP contribution in [-0.4, -0.2) is 44.1 Å². The molecule has 2 rings (SSSR count). The van der Waals surface area contributed by atoms with Gasteiger partial charge in [-0.1, -0.05) is 15.9 Å². The normalized spacial score (nSPS) is 15.8. The summed E-state index contributed by atoms with van der Waals surface area (Å²) in [5.74, 6) is 1.08. The first-order chi connectivity index (χ1) is 9.70. The van der Waals surface area contributed by atoms with Crippen LogP contribution >= 0.6 is 15.9 Å². The zero-order valence-corrected chi connectivity index (χ0v) is 13.4. The summed E-state index contributed by atoms with van der Waals surface area (Å²) < 4.78 is 6.36. The average molecular weight is 341 g/mol. The predicted molar refractivity (Wildman–Crippen MR) is 83.1 cm³/mol. The molecule has 5 heteroatoms. The molecule has 4 nitrogen and oxygen atoms in total.